The summed E-state index contributed by atoms with van der Waals surface area (Å²) in [4.78, 5) is 16.7. The Morgan fingerprint density at radius 2 is 1.56 bits per heavy atom. The van der Waals surface area contributed by atoms with Gasteiger partial charge in [0, 0.05) is 26.2 Å². The topological polar surface area (TPSA) is 45.2 Å². The lowest BCUT2D eigenvalue weighted by Crippen LogP contribution is -2.44. The summed E-state index contributed by atoms with van der Waals surface area (Å²) in [7, 11) is 2.15. The van der Waals surface area contributed by atoms with Crippen LogP contribution in [0.4, 0.5) is 0 Å². The molecule has 1 aromatic rings. The molecule has 2 heterocycles. The van der Waals surface area contributed by atoms with E-state index in [-0.39, 0.29) is 0 Å². The van der Waals surface area contributed by atoms with Gasteiger partial charge in [0.2, 0.25) is 0 Å². The minimum absolute atomic E-state index is 0.844. The highest BCUT2D eigenvalue weighted by Gasteiger charge is 2.14. The lowest BCUT2D eigenvalue weighted by Gasteiger charge is -2.31. The molecule has 0 radical (unpaired) electrons. The van der Waals surface area contributed by atoms with Crippen molar-refractivity contribution in [3.05, 3.63) is 18.5 Å². The summed E-state index contributed by atoms with van der Waals surface area (Å²) in [6.45, 7) is 9.66. The number of piperazine rings is 1. The van der Waals surface area contributed by atoms with E-state index < -0.39 is 0 Å². The third-order valence-electron chi connectivity index (χ3n) is 3.01. The monoisotopic (exact) mass is 251 g/mol. The molecular weight excluding hydrogens is 226 g/mol. The second-order valence-electron chi connectivity index (χ2n) is 4.63. The van der Waals surface area contributed by atoms with Gasteiger partial charge in [0.15, 0.2) is 0 Å². The molecule has 1 aliphatic heterocycles. The Kier molecular flexibility index (Phi) is 7.44. The maximum atomic E-state index is 4.11. The Morgan fingerprint density at radius 3 is 2.06 bits per heavy atom. The van der Waals surface area contributed by atoms with Crippen molar-refractivity contribution in [3.63, 3.8) is 0 Å². The maximum absolute atomic E-state index is 4.11. The predicted molar refractivity (Wildman–Crippen MR) is 73.2 cm³/mol. The Balaban J connectivity index is 0.000000357. The number of hydrogen-bond donors (Lipinski definition) is 0. The van der Waals surface area contributed by atoms with Gasteiger partial charge in [-0.2, -0.15) is 0 Å². The molecule has 1 saturated heterocycles. The molecule has 0 bridgehead atoms. The zero-order chi connectivity index (χ0) is 13.2. The summed E-state index contributed by atoms with van der Waals surface area (Å²) in [5.74, 6) is 0.865. The summed E-state index contributed by atoms with van der Waals surface area (Å²) in [6, 6.07) is 0. The summed E-state index contributed by atoms with van der Waals surface area (Å²) in [5, 5.41) is 0. The molecule has 102 valence electrons. The van der Waals surface area contributed by atoms with Crippen LogP contribution in [0.2, 0.25) is 0 Å². The SMILES string of the molecule is CCCC.CN1CCN(Cc2ncncn2)CC1. The van der Waals surface area contributed by atoms with Crippen LogP contribution in [0, 0.1) is 0 Å². The Hall–Kier alpha value is -1.07. The number of nitrogens with zero attached hydrogens (tertiary/aromatic N) is 5. The number of unbranched alkanes of at least 4 members (excludes halogenated alkanes) is 1. The lowest BCUT2D eigenvalue weighted by atomic mass is 10.3. The largest absolute Gasteiger partial charge is 0.304 e. The van der Waals surface area contributed by atoms with Crippen molar-refractivity contribution in [1.82, 2.24) is 24.8 Å². The van der Waals surface area contributed by atoms with E-state index in [1.165, 1.54) is 12.8 Å². The summed E-state index contributed by atoms with van der Waals surface area (Å²) < 4.78 is 0. The van der Waals surface area contributed by atoms with E-state index in [0.717, 1.165) is 38.5 Å². The van der Waals surface area contributed by atoms with Gasteiger partial charge in [0.1, 0.15) is 18.5 Å². The van der Waals surface area contributed by atoms with Crippen molar-refractivity contribution >= 4 is 0 Å². The molecule has 0 aromatic carbocycles. The van der Waals surface area contributed by atoms with Crippen LogP contribution in [-0.4, -0.2) is 58.0 Å². The molecule has 0 spiro atoms. The van der Waals surface area contributed by atoms with Gasteiger partial charge in [-0.15, -0.1) is 0 Å². The zero-order valence-corrected chi connectivity index (χ0v) is 11.8. The molecule has 2 rings (SSSR count). The molecule has 0 atom stereocenters. The molecule has 0 amide bonds. The minimum Gasteiger partial charge on any atom is -0.304 e. The van der Waals surface area contributed by atoms with Crippen LogP contribution in [-0.2, 0) is 6.54 Å². The van der Waals surface area contributed by atoms with Crippen molar-refractivity contribution in [3.8, 4) is 0 Å². The van der Waals surface area contributed by atoms with Crippen LogP contribution < -0.4 is 0 Å². The summed E-state index contributed by atoms with van der Waals surface area (Å²) >= 11 is 0. The molecule has 0 saturated carbocycles. The van der Waals surface area contributed by atoms with E-state index in [9.17, 15) is 0 Å². The standard InChI is InChI=1S/C9H15N5.C4H10/c1-13-2-4-14(5-3-13)6-9-11-7-10-8-12-9;1-3-4-2/h7-8H,2-6H2,1H3;3-4H2,1-2H3. The summed E-state index contributed by atoms with van der Waals surface area (Å²) in [6.07, 6.45) is 5.75. The van der Waals surface area contributed by atoms with Crippen LogP contribution in [0.1, 0.15) is 32.5 Å². The first kappa shape index (κ1) is 15.0. The van der Waals surface area contributed by atoms with E-state index in [4.69, 9.17) is 0 Å². The molecule has 1 aliphatic rings. The van der Waals surface area contributed by atoms with Crippen molar-refractivity contribution in [2.75, 3.05) is 33.2 Å². The smallest absolute Gasteiger partial charge is 0.145 e. The van der Waals surface area contributed by atoms with E-state index in [1.54, 1.807) is 12.7 Å². The molecule has 1 aromatic heterocycles. The Morgan fingerprint density at radius 1 is 1.00 bits per heavy atom. The average Bonchev–Trinajstić information content (AvgIpc) is 2.43. The number of likely N-dealkylation sites (N-methyl/N-ethyl adjacent to an activating group) is 1. The van der Waals surface area contributed by atoms with Gasteiger partial charge < -0.3 is 4.90 Å². The van der Waals surface area contributed by atoms with Gasteiger partial charge in [-0.05, 0) is 7.05 Å². The molecule has 0 unspecified atom stereocenters. The van der Waals surface area contributed by atoms with Crippen LogP contribution in [0.25, 0.3) is 0 Å². The van der Waals surface area contributed by atoms with Gasteiger partial charge in [-0.3, -0.25) is 4.90 Å². The molecular formula is C13H25N5. The van der Waals surface area contributed by atoms with Crippen LogP contribution in [0.3, 0.4) is 0 Å². The first-order chi connectivity index (χ1) is 8.76. The second kappa shape index (κ2) is 8.94. The van der Waals surface area contributed by atoms with E-state index in [2.05, 4.69) is 45.6 Å². The van der Waals surface area contributed by atoms with E-state index in [1.807, 2.05) is 0 Å². The lowest BCUT2D eigenvalue weighted by molar-refractivity contribution is 0.145. The van der Waals surface area contributed by atoms with Gasteiger partial charge in [0.05, 0.1) is 6.54 Å². The fraction of sp³-hybridized carbons (Fsp3) is 0.769. The highest BCUT2D eigenvalue weighted by molar-refractivity contribution is 4.83. The third-order valence-corrected chi connectivity index (χ3v) is 3.01. The first-order valence-electron chi connectivity index (χ1n) is 6.78. The fourth-order valence-corrected chi connectivity index (χ4v) is 1.55. The Bertz CT molecular complexity index is 294. The van der Waals surface area contributed by atoms with Crippen LogP contribution in [0.5, 0.6) is 0 Å². The van der Waals surface area contributed by atoms with Crippen molar-refractivity contribution in [2.45, 2.75) is 33.2 Å². The molecule has 5 nitrogen and oxygen atoms in total. The second-order valence-corrected chi connectivity index (χ2v) is 4.63. The average molecular weight is 251 g/mol. The third kappa shape index (κ3) is 6.02. The zero-order valence-electron chi connectivity index (χ0n) is 11.8. The Labute approximate surface area is 110 Å². The molecule has 0 N–H and O–H groups in total. The number of aromatic nitrogens is 3. The van der Waals surface area contributed by atoms with Crippen LogP contribution >= 0.6 is 0 Å². The molecule has 1 fully saturated rings. The highest BCUT2D eigenvalue weighted by Crippen LogP contribution is 2.02. The van der Waals surface area contributed by atoms with Crippen molar-refractivity contribution in [1.29, 1.82) is 0 Å². The molecule has 0 aliphatic carbocycles. The normalized spacial score (nSPS) is 17.1. The van der Waals surface area contributed by atoms with E-state index in [0.29, 0.717) is 0 Å². The van der Waals surface area contributed by atoms with Gasteiger partial charge in [0.25, 0.3) is 0 Å². The van der Waals surface area contributed by atoms with Gasteiger partial charge in [-0.1, -0.05) is 26.7 Å². The highest BCUT2D eigenvalue weighted by atomic mass is 15.3. The number of rotatable bonds is 3. The first-order valence-corrected chi connectivity index (χ1v) is 6.78. The molecule has 18 heavy (non-hydrogen) atoms. The van der Waals surface area contributed by atoms with Gasteiger partial charge >= 0.3 is 0 Å². The predicted octanol–water partition coefficient (Wildman–Crippen LogP) is 1.43. The number of hydrogen-bond acceptors (Lipinski definition) is 5. The van der Waals surface area contributed by atoms with Gasteiger partial charge in [-0.25, -0.2) is 15.0 Å². The molecule has 5 heteroatoms. The van der Waals surface area contributed by atoms with E-state index >= 15 is 0 Å². The maximum Gasteiger partial charge on any atom is 0.145 e. The quantitative estimate of drug-likeness (QED) is 0.813. The summed E-state index contributed by atoms with van der Waals surface area (Å²) in [5.41, 5.74) is 0. The van der Waals surface area contributed by atoms with Crippen molar-refractivity contribution < 1.29 is 0 Å². The van der Waals surface area contributed by atoms with Crippen molar-refractivity contribution in [2.24, 2.45) is 0 Å². The minimum atomic E-state index is 0.844. The van der Waals surface area contributed by atoms with Crippen LogP contribution in [0.15, 0.2) is 12.7 Å². The fourth-order valence-electron chi connectivity index (χ4n) is 1.55.